The molecule has 1 atom stereocenters. The molecule has 1 aromatic carbocycles. The van der Waals surface area contributed by atoms with Crippen LogP contribution in [0.5, 0.6) is 0 Å². The fraction of sp³-hybridized carbons (Fsp3) is 0.350. The number of H-pyrrole nitrogens is 1. The van der Waals surface area contributed by atoms with Crippen LogP contribution in [-0.4, -0.2) is 58.4 Å². The van der Waals surface area contributed by atoms with E-state index in [1.807, 2.05) is 17.5 Å². The van der Waals surface area contributed by atoms with Crippen LogP contribution in [-0.2, 0) is 16.1 Å². The summed E-state index contributed by atoms with van der Waals surface area (Å²) in [5, 5.41) is 12.0. The predicted octanol–water partition coefficient (Wildman–Crippen LogP) is 3.00. The molecule has 1 aliphatic heterocycles. The van der Waals surface area contributed by atoms with Gasteiger partial charge in [0.25, 0.3) is 0 Å². The van der Waals surface area contributed by atoms with Gasteiger partial charge in [-0.05, 0) is 41.4 Å². The number of ether oxygens (including phenoxy) is 1. The molecule has 10 heteroatoms. The van der Waals surface area contributed by atoms with Crippen LogP contribution in [0.2, 0.25) is 0 Å². The van der Waals surface area contributed by atoms with Gasteiger partial charge in [-0.15, -0.1) is 11.3 Å². The number of halogens is 1. The number of aromatic amines is 1. The van der Waals surface area contributed by atoms with Crippen molar-refractivity contribution in [1.82, 2.24) is 25.0 Å². The van der Waals surface area contributed by atoms with Crippen molar-refractivity contribution in [3.63, 3.8) is 0 Å². The zero-order valence-corrected chi connectivity index (χ0v) is 17.8. The molecule has 2 N–H and O–H groups in total. The number of thiophene rings is 1. The molecule has 4 rings (SSSR count). The average molecular weight is 448 g/mol. The lowest BCUT2D eigenvalue weighted by molar-refractivity contribution is -0.122. The van der Waals surface area contributed by atoms with Crippen molar-refractivity contribution in [2.45, 2.75) is 12.6 Å². The van der Waals surface area contributed by atoms with E-state index in [-0.39, 0.29) is 24.3 Å². The van der Waals surface area contributed by atoms with E-state index in [2.05, 4.69) is 20.4 Å². The zero-order chi connectivity index (χ0) is 20.9. The van der Waals surface area contributed by atoms with Crippen molar-refractivity contribution < 1.29 is 13.9 Å². The molecule has 3 heterocycles. The Bertz CT molecular complexity index is 1030. The normalized spacial score (nSPS) is 15.8. The topological polar surface area (TPSA) is 75.2 Å². The highest BCUT2D eigenvalue weighted by molar-refractivity contribution is 7.71. The van der Waals surface area contributed by atoms with Gasteiger partial charge in [-0.25, -0.2) is 4.39 Å². The van der Waals surface area contributed by atoms with Crippen molar-refractivity contribution in [3.05, 3.63) is 57.9 Å². The van der Waals surface area contributed by atoms with E-state index >= 15 is 0 Å². The SMILES string of the molecule is O=C(Cn1c(-c2cccs2)n[nH]c1=S)NCC(c1ccc(F)cc1)N1CCOCC1. The van der Waals surface area contributed by atoms with Gasteiger partial charge in [-0.3, -0.25) is 19.4 Å². The quantitative estimate of drug-likeness (QED) is 0.545. The van der Waals surface area contributed by atoms with E-state index in [0.717, 1.165) is 23.5 Å². The molecule has 1 aliphatic rings. The molecule has 0 aliphatic carbocycles. The molecule has 0 bridgehead atoms. The first-order valence-corrected chi connectivity index (χ1v) is 10.9. The van der Waals surface area contributed by atoms with E-state index in [1.54, 1.807) is 16.7 Å². The number of hydrogen-bond donors (Lipinski definition) is 2. The third kappa shape index (κ3) is 4.84. The van der Waals surface area contributed by atoms with Gasteiger partial charge in [-0.1, -0.05) is 18.2 Å². The number of morpholine rings is 1. The molecule has 0 spiro atoms. The summed E-state index contributed by atoms with van der Waals surface area (Å²) in [6.45, 7) is 3.27. The lowest BCUT2D eigenvalue weighted by atomic mass is 10.0. The molecule has 1 amide bonds. The Morgan fingerprint density at radius 3 is 2.77 bits per heavy atom. The van der Waals surface area contributed by atoms with E-state index in [0.29, 0.717) is 30.4 Å². The molecule has 3 aromatic rings. The molecule has 0 radical (unpaired) electrons. The molecule has 2 aromatic heterocycles. The summed E-state index contributed by atoms with van der Waals surface area (Å²) < 4.78 is 20.9. The Morgan fingerprint density at radius 2 is 2.07 bits per heavy atom. The summed E-state index contributed by atoms with van der Waals surface area (Å²) >= 11 is 6.84. The van der Waals surface area contributed by atoms with Gasteiger partial charge >= 0.3 is 0 Å². The fourth-order valence-corrected chi connectivity index (χ4v) is 4.42. The van der Waals surface area contributed by atoms with Crippen LogP contribution in [0, 0.1) is 10.6 Å². The summed E-state index contributed by atoms with van der Waals surface area (Å²) in [6, 6.07) is 10.2. The number of rotatable bonds is 7. The maximum Gasteiger partial charge on any atom is 0.240 e. The number of benzene rings is 1. The van der Waals surface area contributed by atoms with E-state index in [1.165, 1.54) is 23.5 Å². The monoisotopic (exact) mass is 447 g/mol. The van der Waals surface area contributed by atoms with Crippen molar-refractivity contribution in [1.29, 1.82) is 0 Å². The van der Waals surface area contributed by atoms with Crippen LogP contribution < -0.4 is 5.32 Å². The number of nitrogens with one attached hydrogen (secondary N) is 2. The van der Waals surface area contributed by atoms with Gasteiger partial charge in [0.1, 0.15) is 12.4 Å². The maximum absolute atomic E-state index is 13.4. The summed E-state index contributed by atoms with van der Waals surface area (Å²) in [6.07, 6.45) is 0. The van der Waals surface area contributed by atoms with E-state index in [9.17, 15) is 9.18 Å². The van der Waals surface area contributed by atoms with Gasteiger partial charge in [0.2, 0.25) is 5.91 Å². The molecular weight excluding hydrogens is 425 g/mol. The van der Waals surface area contributed by atoms with Gasteiger partial charge in [-0.2, -0.15) is 5.10 Å². The Hall–Kier alpha value is -2.40. The lowest BCUT2D eigenvalue weighted by Crippen LogP contribution is -2.44. The van der Waals surface area contributed by atoms with Crippen LogP contribution in [0.1, 0.15) is 11.6 Å². The largest absolute Gasteiger partial charge is 0.379 e. The molecule has 30 heavy (non-hydrogen) atoms. The van der Waals surface area contributed by atoms with Crippen LogP contribution in [0.3, 0.4) is 0 Å². The minimum absolute atomic E-state index is 0.0625. The van der Waals surface area contributed by atoms with Gasteiger partial charge < -0.3 is 10.1 Å². The van der Waals surface area contributed by atoms with Crippen molar-refractivity contribution >= 4 is 29.5 Å². The smallest absolute Gasteiger partial charge is 0.240 e. The zero-order valence-electron chi connectivity index (χ0n) is 16.2. The number of amides is 1. The van der Waals surface area contributed by atoms with Crippen molar-refractivity contribution in [2.24, 2.45) is 0 Å². The summed E-state index contributed by atoms with van der Waals surface area (Å²) in [5.74, 6) is 0.207. The highest BCUT2D eigenvalue weighted by atomic mass is 32.1. The van der Waals surface area contributed by atoms with Crippen LogP contribution in [0.25, 0.3) is 10.7 Å². The van der Waals surface area contributed by atoms with Crippen molar-refractivity contribution in [3.8, 4) is 10.7 Å². The van der Waals surface area contributed by atoms with E-state index in [4.69, 9.17) is 17.0 Å². The minimum Gasteiger partial charge on any atom is -0.379 e. The number of hydrogen-bond acceptors (Lipinski definition) is 6. The number of aromatic nitrogens is 3. The second-order valence-electron chi connectivity index (χ2n) is 6.94. The first-order chi connectivity index (χ1) is 14.6. The molecule has 158 valence electrons. The van der Waals surface area contributed by atoms with Crippen LogP contribution >= 0.6 is 23.6 Å². The first kappa shape index (κ1) is 20.9. The number of carbonyl (C=O) groups excluding carboxylic acids is 1. The number of carbonyl (C=O) groups is 1. The Morgan fingerprint density at radius 1 is 1.30 bits per heavy atom. The maximum atomic E-state index is 13.4. The minimum atomic E-state index is -0.279. The fourth-order valence-electron chi connectivity index (χ4n) is 3.50. The van der Waals surface area contributed by atoms with Gasteiger partial charge in [0.15, 0.2) is 10.6 Å². The molecule has 7 nitrogen and oxygen atoms in total. The molecule has 1 unspecified atom stereocenters. The molecule has 1 saturated heterocycles. The summed E-state index contributed by atoms with van der Waals surface area (Å²) in [5.41, 5.74) is 0.956. The Balaban J connectivity index is 1.46. The first-order valence-electron chi connectivity index (χ1n) is 9.65. The van der Waals surface area contributed by atoms with E-state index < -0.39 is 0 Å². The number of nitrogens with zero attached hydrogens (tertiary/aromatic N) is 3. The highest BCUT2D eigenvalue weighted by Crippen LogP contribution is 2.23. The third-order valence-corrected chi connectivity index (χ3v) is 6.21. The molecule has 0 saturated carbocycles. The average Bonchev–Trinajstić information content (AvgIpc) is 3.41. The van der Waals surface area contributed by atoms with Gasteiger partial charge in [0, 0.05) is 19.6 Å². The highest BCUT2D eigenvalue weighted by Gasteiger charge is 2.23. The predicted molar refractivity (Wildman–Crippen MR) is 115 cm³/mol. The second kappa shape index (κ2) is 9.61. The van der Waals surface area contributed by atoms with Crippen LogP contribution in [0.4, 0.5) is 4.39 Å². The molecule has 1 fully saturated rings. The summed E-state index contributed by atoms with van der Waals surface area (Å²) in [4.78, 5) is 15.9. The summed E-state index contributed by atoms with van der Waals surface area (Å²) in [7, 11) is 0. The standard InChI is InChI=1S/C20H22FN5O2S2/c21-15-5-3-14(4-6-15)16(25-7-9-28-10-8-25)12-22-18(27)13-26-19(23-24-20(26)29)17-2-1-11-30-17/h1-6,11,16H,7-10,12-13H2,(H,22,27)(H,24,29). The Kier molecular flexibility index (Phi) is 6.68. The third-order valence-electron chi connectivity index (χ3n) is 5.04. The van der Waals surface area contributed by atoms with Crippen LogP contribution in [0.15, 0.2) is 41.8 Å². The Labute approximate surface area is 182 Å². The van der Waals surface area contributed by atoms with Gasteiger partial charge in [0.05, 0.1) is 24.1 Å². The molecular formula is C20H22FN5O2S2. The lowest BCUT2D eigenvalue weighted by Gasteiger charge is -2.35. The van der Waals surface area contributed by atoms with Crippen molar-refractivity contribution in [2.75, 3.05) is 32.8 Å². The second-order valence-corrected chi connectivity index (χ2v) is 8.27.